The number of hydrogen-bond donors (Lipinski definition) is 2. The Balaban J connectivity index is 1.14. The fourth-order valence-corrected chi connectivity index (χ4v) is 5.40. The maximum absolute atomic E-state index is 12.8. The van der Waals surface area contributed by atoms with E-state index in [1.807, 2.05) is 85.1 Å². The van der Waals surface area contributed by atoms with Crippen molar-refractivity contribution in [2.75, 3.05) is 10.6 Å². The number of hydrogen-bond acceptors (Lipinski definition) is 5. The number of carbonyl (C=O) groups is 2. The molecule has 0 aliphatic heterocycles. The molecule has 4 aromatic carbocycles. The highest BCUT2D eigenvalue weighted by atomic mass is 32.2. The highest BCUT2D eigenvalue weighted by molar-refractivity contribution is 8.00. The monoisotopic (exact) mass is 535 g/mol. The van der Waals surface area contributed by atoms with E-state index >= 15 is 0 Å². The van der Waals surface area contributed by atoms with Gasteiger partial charge >= 0.3 is 0 Å². The standard InChI is InChI=1S/C31H25N3O2S2/c1-21(38-27-16-14-26(15-17-27)32-29(35)18-11-22-7-3-2-4-8-22)30(36)34-31-33-28(20-37-31)25-13-12-23-9-5-6-10-24(23)19-25/h2-21H,1H3,(H,32,35)(H,33,34,36)/b18-11+. The lowest BCUT2D eigenvalue weighted by Gasteiger charge is -2.11. The summed E-state index contributed by atoms with van der Waals surface area (Å²) in [4.78, 5) is 30.6. The normalized spacial score (nSPS) is 11.9. The van der Waals surface area contributed by atoms with Crippen LogP contribution in [0.3, 0.4) is 0 Å². The first-order valence-corrected chi connectivity index (χ1v) is 13.9. The van der Waals surface area contributed by atoms with Gasteiger partial charge in [-0.05, 0) is 59.7 Å². The lowest BCUT2D eigenvalue weighted by molar-refractivity contribution is -0.115. The maximum atomic E-state index is 12.8. The lowest BCUT2D eigenvalue weighted by atomic mass is 10.1. The van der Waals surface area contributed by atoms with E-state index in [9.17, 15) is 9.59 Å². The van der Waals surface area contributed by atoms with E-state index in [-0.39, 0.29) is 17.1 Å². The molecule has 2 N–H and O–H groups in total. The number of nitrogens with zero attached hydrogens (tertiary/aromatic N) is 1. The minimum atomic E-state index is -0.322. The van der Waals surface area contributed by atoms with Gasteiger partial charge in [0.25, 0.3) is 0 Å². The summed E-state index contributed by atoms with van der Waals surface area (Å²) in [7, 11) is 0. The summed E-state index contributed by atoms with van der Waals surface area (Å²) in [5, 5.41) is 10.3. The van der Waals surface area contributed by atoms with Gasteiger partial charge in [-0.1, -0.05) is 66.7 Å². The SMILES string of the molecule is CC(Sc1ccc(NC(=O)/C=C/c2ccccc2)cc1)C(=O)Nc1nc(-c2ccc3ccccc3c2)cs1. The summed E-state index contributed by atoms with van der Waals surface area (Å²) in [6.45, 7) is 1.86. The van der Waals surface area contributed by atoms with Gasteiger partial charge in [0.2, 0.25) is 11.8 Å². The average molecular weight is 536 g/mol. The molecule has 1 heterocycles. The van der Waals surface area contributed by atoms with E-state index in [1.165, 1.54) is 34.6 Å². The van der Waals surface area contributed by atoms with Gasteiger partial charge in [0.15, 0.2) is 5.13 Å². The van der Waals surface area contributed by atoms with Gasteiger partial charge in [0, 0.05) is 27.6 Å². The largest absolute Gasteiger partial charge is 0.323 e. The van der Waals surface area contributed by atoms with Crippen LogP contribution in [-0.4, -0.2) is 22.0 Å². The molecular weight excluding hydrogens is 510 g/mol. The molecule has 0 saturated heterocycles. The van der Waals surface area contributed by atoms with Crippen molar-refractivity contribution in [1.29, 1.82) is 0 Å². The molecule has 1 aromatic heterocycles. The highest BCUT2D eigenvalue weighted by Gasteiger charge is 2.16. The smallest absolute Gasteiger partial charge is 0.248 e. The number of thiazole rings is 1. The minimum Gasteiger partial charge on any atom is -0.323 e. The van der Waals surface area contributed by atoms with Gasteiger partial charge in [-0.25, -0.2) is 4.98 Å². The molecule has 0 aliphatic rings. The Bertz CT molecular complexity index is 1590. The van der Waals surface area contributed by atoms with Crippen molar-refractivity contribution in [2.24, 2.45) is 0 Å². The first-order chi connectivity index (χ1) is 18.5. The molecule has 7 heteroatoms. The Hall–Kier alpha value is -4.20. The molecule has 188 valence electrons. The number of carbonyl (C=O) groups excluding carboxylic acids is 2. The molecule has 0 bridgehead atoms. The Labute approximate surface area is 229 Å². The molecule has 0 fully saturated rings. The number of amides is 2. The van der Waals surface area contributed by atoms with E-state index in [1.54, 1.807) is 6.08 Å². The van der Waals surface area contributed by atoms with Gasteiger partial charge in [0.05, 0.1) is 10.9 Å². The Morgan fingerprint density at radius 2 is 1.61 bits per heavy atom. The Morgan fingerprint density at radius 3 is 2.39 bits per heavy atom. The molecule has 5 nitrogen and oxygen atoms in total. The Morgan fingerprint density at radius 1 is 0.868 bits per heavy atom. The third kappa shape index (κ3) is 6.56. The molecule has 0 spiro atoms. The highest BCUT2D eigenvalue weighted by Crippen LogP contribution is 2.29. The summed E-state index contributed by atoms with van der Waals surface area (Å²) in [5.41, 5.74) is 3.51. The maximum Gasteiger partial charge on any atom is 0.248 e. The Kier molecular flexibility index (Phi) is 7.97. The molecule has 5 aromatic rings. The minimum absolute atomic E-state index is 0.113. The molecule has 0 saturated carbocycles. The van der Waals surface area contributed by atoms with Crippen LogP contribution in [0.4, 0.5) is 10.8 Å². The number of aromatic nitrogens is 1. The van der Waals surface area contributed by atoms with E-state index in [0.717, 1.165) is 27.1 Å². The second kappa shape index (κ2) is 11.9. The molecular formula is C31H25N3O2S2. The quantitative estimate of drug-likeness (QED) is 0.158. The van der Waals surface area contributed by atoms with Crippen molar-refractivity contribution in [1.82, 2.24) is 4.98 Å². The fraction of sp³-hybridized carbons (Fsp3) is 0.0645. The van der Waals surface area contributed by atoms with Crippen LogP contribution in [0.2, 0.25) is 0 Å². The molecule has 1 unspecified atom stereocenters. The van der Waals surface area contributed by atoms with Crippen LogP contribution in [0.25, 0.3) is 28.1 Å². The third-order valence-corrected chi connectivity index (χ3v) is 7.68. The van der Waals surface area contributed by atoms with Crippen molar-refractivity contribution < 1.29 is 9.59 Å². The van der Waals surface area contributed by atoms with Gasteiger partial charge in [-0.15, -0.1) is 23.1 Å². The van der Waals surface area contributed by atoms with Gasteiger partial charge in [0.1, 0.15) is 0 Å². The fourth-order valence-electron chi connectivity index (χ4n) is 3.81. The number of anilines is 2. The van der Waals surface area contributed by atoms with Crippen LogP contribution in [0.5, 0.6) is 0 Å². The summed E-state index contributed by atoms with van der Waals surface area (Å²) in [5.74, 6) is -0.314. The summed E-state index contributed by atoms with van der Waals surface area (Å²) >= 11 is 2.86. The molecule has 38 heavy (non-hydrogen) atoms. The number of thioether (sulfide) groups is 1. The van der Waals surface area contributed by atoms with Crippen LogP contribution in [0.15, 0.2) is 113 Å². The zero-order valence-electron chi connectivity index (χ0n) is 20.6. The van der Waals surface area contributed by atoms with Gasteiger partial charge in [-0.3, -0.25) is 9.59 Å². The summed E-state index contributed by atoms with van der Waals surface area (Å²) < 4.78 is 0. The van der Waals surface area contributed by atoms with Crippen molar-refractivity contribution in [2.45, 2.75) is 17.1 Å². The van der Waals surface area contributed by atoms with Crippen molar-refractivity contribution in [3.05, 3.63) is 114 Å². The van der Waals surface area contributed by atoms with Crippen LogP contribution in [0.1, 0.15) is 12.5 Å². The first-order valence-electron chi connectivity index (χ1n) is 12.1. The molecule has 5 rings (SSSR count). The van der Waals surface area contributed by atoms with Crippen LogP contribution in [0, 0.1) is 0 Å². The molecule has 0 radical (unpaired) electrons. The average Bonchev–Trinajstić information content (AvgIpc) is 3.41. The van der Waals surface area contributed by atoms with E-state index in [0.29, 0.717) is 10.8 Å². The zero-order valence-corrected chi connectivity index (χ0v) is 22.3. The lowest BCUT2D eigenvalue weighted by Crippen LogP contribution is -2.22. The van der Waals surface area contributed by atoms with E-state index in [2.05, 4.69) is 39.9 Å². The summed E-state index contributed by atoms with van der Waals surface area (Å²) in [6, 6.07) is 31.6. The van der Waals surface area contributed by atoms with Crippen molar-refractivity contribution in [3.63, 3.8) is 0 Å². The molecule has 1 atom stereocenters. The van der Waals surface area contributed by atoms with Crippen molar-refractivity contribution >= 4 is 62.6 Å². The number of rotatable bonds is 8. The number of nitrogens with one attached hydrogen (secondary N) is 2. The van der Waals surface area contributed by atoms with Crippen molar-refractivity contribution in [3.8, 4) is 11.3 Å². The topological polar surface area (TPSA) is 71.1 Å². The third-order valence-electron chi connectivity index (χ3n) is 5.81. The van der Waals surface area contributed by atoms with Crippen LogP contribution in [-0.2, 0) is 9.59 Å². The number of benzene rings is 4. The molecule has 0 aliphatic carbocycles. The van der Waals surface area contributed by atoms with E-state index < -0.39 is 0 Å². The molecule has 2 amide bonds. The van der Waals surface area contributed by atoms with E-state index in [4.69, 9.17) is 0 Å². The van der Waals surface area contributed by atoms with Crippen LogP contribution < -0.4 is 10.6 Å². The predicted octanol–water partition coefficient (Wildman–Crippen LogP) is 7.73. The second-order valence-corrected chi connectivity index (χ2v) is 10.9. The predicted molar refractivity (Wildman–Crippen MR) is 160 cm³/mol. The van der Waals surface area contributed by atoms with Gasteiger partial charge < -0.3 is 10.6 Å². The van der Waals surface area contributed by atoms with Gasteiger partial charge in [-0.2, -0.15) is 0 Å². The number of fused-ring (bicyclic) bond motifs is 1. The first kappa shape index (κ1) is 25.4. The zero-order chi connectivity index (χ0) is 26.3. The second-order valence-electron chi connectivity index (χ2n) is 8.61. The summed E-state index contributed by atoms with van der Waals surface area (Å²) in [6.07, 6.45) is 3.28. The van der Waals surface area contributed by atoms with Crippen LogP contribution >= 0.6 is 23.1 Å².